The van der Waals surface area contributed by atoms with E-state index in [2.05, 4.69) is 0 Å². The fraction of sp³-hybridized carbons (Fsp3) is 0.500. The molecule has 1 rings (SSSR count). The van der Waals surface area contributed by atoms with Crippen LogP contribution in [0.4, 0.5) is 10.5 Å². The van der Waals surface area contributed by atoms with E-state index in [0.717, 1.165) is 16.9 Å². The zero-order valence-electron chi connectivity index (χ0n) is 14.1. The van der Waals surface area contributed by atoms with Crippen LogP contribution < -0.4 is 15.4 Å². The largest absolute Gasteiger partial charge is 0.494 e. The van der Waals surface area contributed by atoms with E-state index in [0.29, 0.717) is 25.4 Å². The third-order valence-corrected chi connectivity index (χ3v) is 3.47. The number of hydrogen-bond acceptors (Lipinski definition) is 3. The highest BCUT2D eigenvalue weighted by atomic mass is 16.5. The standard InChI is InChI=1S/C16H26N4O2/c1-6-19(7-2)16(21)20(15(17)18)14-11(4)9-13(22-8-3)10-12(14)5/h9-10H,6-8H2,1-5H3,(H3,17,18). The van der Waals surface area contributed by atoms with Gasteiger partial charge in [0.05, 0.1) is 12.3 Å². The molecule has 0 aromatic heterocycles. The van der Waals surface area contributed by atoms with E-state index in [-0.39, 0.29) is 12.0 Å². The topological polar surface area (TPSA) is 82.6 Å². The summed E-state index contributed by atoms with van der Waals surface area (Å²) in [7, 11) is 0. The van der Waals surface area contributed by atoms with Gasteiger partial charge in [0.15, 0.2) is 0 Å². The summed E-state index contributed by atoms with van der Waals surface area (Å²) in [6.07, 6.45) is 0. The number of nitrogens with two attached hydrogens (primary N) is 1. The summed E-state index contributed by atoms with van der Waals surface area (Å²) >= 11 is 0. The Balaban J connectivity index is 3.34. The Morgan fingerprint density at radius 2 is 1.68 bits per heavy atom. The van der Waals surface area contributed by atoms with Gasteiger partial charge in [-0.15, -0.1) is 0 Å². The first-order chi connectivity index (χ1) is 10.4. The summed E-state index contributed by atoms with van der Waals surface area (Å²) in [5.41, 5.74) is 8.02. The van der Waals surface area contributed by atoms with Gasteiger partial charge >= 0.3 is 6.03 Å². The van der Waals surface area contributed by atoms with Gasteiger partial charge in [-0.3, -0.25) is 5.41 Å². The summed E-state index contributed by atoms with van der Waals surface area (Å²) in [6.45, 7) is 11.2. The number of anilines is 1. The zero-order chi connectivity index (χ0) is 16.9. The molecule has 6 nitrogen and oxygen atoms in total. The maximum Gasteiger partial charge on any atom is 0.331 e. The lowest BCUT2D eigenvalue weighted by Crippen LogP contribution is -2.49. The lowest BCUT2D eigenvalue weighted by molar-refractivity contribution is 0.213. The summed E-state index contributed by atoms with van der Waals surface area (Å²) in [5, 5.41) is 7.82. The number of nitrogens with zero attached hydrogens (tertiary/aromatic N) is 2. The van der Waals surface area contributed by atoms with Crippen molar-refractivity contribution in [3.63, 3.8) is 0 Å². The molecule has 6 heteroatoms. The van der Waals surface area contributed by atoms with Gasteiger partial charge in [-0.1, -0.05) is 0 Å². The first kappa shape index (κ1) is 17.8. The molecule has 0 aliphatic rings. The molecule has 0 saturated heterocycles. The van der Waals surface area contributed by atoms with Crippen LogP contribution in [0.2, 0.25) is 0 Å². The van der Waals surface area contributed by atoms with Gasteiger partial charge < -0.3 is 15.4 Å². The number of nitrogens with one attached hydrogen (secondary N) is 1. The number of amides is 2. The Morgan fingerprint density at radius 3 is 2.05 bits per heavy atom. The molecule has 0 heterocycles. The second kappa shape index (κ2) is 7.68. The number of carbonyl (C=O) groups excluding carboxylic acids is 1. The maximum atomic E-state index is 12.7. The average molecular weight is 306 g/mol. The number of aryl methyl sites for hydroxylation is 2. The Kier molecular flexibility index (Phi) is 6.22. The van der Waals surface area contributed by atoms with Gasteiger partial charge in [0.25, 0.3) is 0 Å². The van der Waals surface area contributed by atoms with Crippen molar-refractivity contribution in [2.75, 3.05) is 24.6 Å². The van der Waals surface area contributed by atoms with Gasteiger partial charge in [0, 0.05) is 13.1 Å². The molecule has 0 atom stereocenters. The lowest BCUT2D eigenvalue weighted by Gasteiger charge is -2.30. The Hall–Kier alpha value is -2.24. The molecule has 0 aliphatic carbocycles. The molecular formula is C16H26N4O2. The number of ether oxygens (including phenoxy) is 1. The number of carbonyl (C=O) groups is 1. The summed E-state index contributed by atoms with van der Waals surface area (Å²) in [5.74, 6) is 0.465. The Labute approximate surface area is 132 Å². The van der Waals surface area contributed by atoms with Crippen molar-refractivity contribution in [3.8, 4) is 5.75 Å². The fourth-order valence-electron chi connectivity index (χ4n) is 2.47. The molecular weight excluding hydrogens is 280 g/mol. The second-order valence-corrected chi connectivity index (χ2v) is 5.01. The molecule has 0 radical (unpaired) electrons. The normalized spacial score (nSPS) is 10.2. The molecule has 0 bridgehead atoms. The van der Waals surface area contributed by atoms with Crippen LogP contribution >= 0.6 is 0 Å². The summed E-state index contributed by atoms with van der Waals surface area (Å²) in [6, 6.07) is 3.43. The molecule has 2 amide bonds. The molecule has 122 valence electrons. The second-order valence-electron chi connectivity index (χ2n) is 5.01. The van der Waals surface area contributed by atoms with Crippen LogP contribution in [0.3, 0.4) is 0 Å². The molecule has 0 fully saturated rings. The van der Waals surface area contributed by atoms with Crippen LogP contribution in [-0.2, 0) is 0 Å². The molecule has 1 aromatic carbocycles. The Morgan fingerprint density at radius 1 is 1.18 bits per heavy atom. The van der Waals surface area contributed by atoms with Crippen LogP contribution in [0, 0.1) is 19.3 Å². The van der Waals surface area contributed by atoms with E-state index < -0.39 is 0 Å². The highest BCUT2D eigenvalue weighted by molar-refractivity contribution is 6.14. The number of guanidine groups is 1. The average Bonchev–Trinajstić information content (AvgIpc) is 2.43. The van der Waals surface area contributed by atoms with Crippen LogP contribution in [0.25, 0.3) is 0 Å². The number of hydrogen-bond donors (Lipinski definition) is 2. The molecule has 0 aliphatic heterocycles. The van der Waals surface area contributed by atoms with E-state index in [1.54, 1.807) is 4.90 Å². The highest BCUT2D eigenvalue weighted by Gasteiger charge is 2.26. The van der Waals surface area contributed by atoms with E-state index in [9.17, 15) is 4.79 Å². The monoisotopic (exact) mass is 306 g/mol. The minimum Gasteiger partial charge on any atom is -0.494 e. The molecule has 1 aromatic rings. The molecule has 22 heavy (non-hydrogen) atoms. The maximum absolute atomic E-state index is 12.7. The number of urea groups is 1. The third-order valence-electron chi connectivity index (χ3n) is 3.47. The first-order valence-corrected chi connectivity index (χ1v) is 7.54. The summed E-state index contributed by atoms with van der Waals surface area (Å²) < 4.78 is 5.51. The predicted molar refractivity (Wildman–Crippen MR) is 89.8 cm³/mol. The SMILES string of the molecule is CCOc1cc(C)c(N(C(=N)N)C(=O)N(CC)CC)c(C)c1. The van der Waals surface area contributed by atoms with Crippen molar-refractivity contribution in [2.45, 2.75) is 34.6 Å². The molecule has 0 unspecified atom stereocenters. The van der Waals surface area contributed by atoms with E-state index >= 15 is 0 Å². The summed E-state index contributed by atoms with van der Waals surface area (Å²) in [4.78, 5) is 15.6. The number of benzene rings is 1. The van der Waals surface area contributed by atoms with E-state index in [4.69, 9.17) is 15.9 Å². The number of rotatable bonds is 5. The van der Waals surface area contributed by atoms with Crippen LogP contribution in [0.15, 0.2) is 12.1 Å². The van der Waals surface area contributed by atoms with Crippen LogP contribution in [0.5, 0.6) is 5.75 Å². The van der Waals surface area contributed by atoms with E-state index in [1.807, 2.05) is 46.8 Å². The van der Waals surface area contributed by atoms with Crippen molar-refractivity contribution in [1.82, 2.24) is 4.90 Å². The first-order valence-electron chi connectivity index (χ1n) is 7.54. The Bertz CT molecular complexity index is 530. The third kappa shape index (κ3) is 3.69. The zero-order valence-corrected chi connectivity index (χ0v) is 14.1. The van der Waals surface area contributed by atoms with Crippen LogP contribution in [0.1, 0.15) is 31.9 Å². The van der Waals surface area contributed by atoms with Gasteiger partial charge in [-0.05, 0) is 57.9 Å². The van der Waals surface area contributed by atoms with Crippen molar-refractivity contribution in [1.29, 1.82) is 5.41 Å². The molecule has 3 N–H and O–H groups in total. The van der Waals surface area contributed by atoms with Crippen molar-refractivity contribution < 1.29 is 9.53 Å². The molecule has 0 saturated carbocycles. The predicted octanol–water partition coefficient (Wildman–Crippen LogP) is 2.86. The minimum atomic E-state index is -0.285. The highest BCUT2D eigenvalue weighted by Crippen LogP contribution is 2.30. The quantitative estimate of drug-likeness (QED) is 0.648. The van der Waals surface area contributed by atoms with Gasteiger partial charge in [0.2, 0.25) is 5.96 Å². The van der Waals surface area contributed by atoms with Crippen molar-refractivity contribution >= 4 is 17.7 Å². The smallest absolute Gasteiger partial charge is 0.331 e. The minimum absolute atomic E-state index is 0.284. The lowest BCUT2D eigenvalue weighted by atomic mass is 10.1. The fourth-order valence-corrected chi connectivity index (χ4v) is 2.47. The van der Waals surface area contributed by atoms with E-state index in [1.165, 1.54) is 4.90 Å². The van der Waals surface area contributed by atoms with Gasteiger partial charge in [-0.2, -0.15) is 0 Å². The van der Waals surface area contributed by atoms with Crippen molar-refractivity contribution in [2.24, 2.45) is 5.73 Å². The van der Waals surface area contributed by atoms with Gasteiger partial charge in [0.1, 0.15) is 5.75 Å². The van der Waals surface area contributed by atoms with Crippen molar-refractivity contribution in [3.05, 3.63) is 23.3 Å². The van der Waals surface area contributed by atoms with Gasteiger partial charge in [-0.25, -0.2) is 9.69 Å². The molecule has 0 spiro atoms. The van der Waals surface area contributed by atoms with Crippen LogP contribution in [-0.4, -0.2) is 36.6 Å².